The zero-order valence-electron chi connectivity index (χ0n) is 17.6. The van der Waals surface area contributed by atoms with Gasteiger partial charge in [0.2, 0.25) is 0 Å². The molecular weight excluding hydrogens is 396 g/mol. The minimum atomic E-state index is 0.186. The van der Waals surface area contributed by atoms with Crippen LogP contribution in [-0.2, 0) is 16.0 Å². The molecule has 1 aromatic carbocycles. The summed E-state index contributed by atoms with van der Waals surface area (Å²) in [4.78, 5) is 15.1. The summed E-state index contributed by atoms with van der Waals surface area (Å²) in [5.41, 5.74) is 2.44. The minimum absolute atomic E-state index is 0.186. The van der Waals surface area contributed by atoms with E-state index in [2.05, 4.69) is 54.5 Å². The summed E-state index contributed by atoms with van der Waals surface area (Å²) in [6, 6.07) is 10.6. The monoisotopic (exact) mass is 425 g/mol. The number of thiophene rings is 1. The smallest absolute Gasteiger partial charge is 0.187 e. The van der Waals surface area contributed by atoms with Crippen LogP contribution in [0.1, 0.15) is 19.7 Å². The van der Waals surface area contributed by atoms with Gasteiger partial charge < -0.3 is 19.3 Å². The maximum Gasteiger partial charge on any atom is 0.187 e. The van der Waals surface area contributed by atoms with Crippen molar-refractivity contribution >= 4 is 27.4 Å². The summed E-state index contributed by atoms with van der Waals surface area (Å²) in [6.45, 7) is 10.5. The second-order valence-electron chi connectivity index (χ2n) is 8.36. The van der Waals surface area contributed by atoms with Crippen molar-refractivity contribution in [3.63, 3.8) is 0 Å². The molecular formula is C23H29N4O2S+. The third-order valence-corrected chi connectivity index (χ3v) is 6.74. The molecule has 0 spiro atoms. The molecule has 0 aliphatic carbocycles. The summed E-state index contributed by atoms with van der Waals surface area (Å²) >= 11 is 1.72. The van der Waals surface area contributed by atoms with Gasteiger partial charge in [-0.15, -0.1) is 11.3 Å². The molecule has 2 fully saturated rings. The van der Waals surface area contributed by atoms with E-state index in [0.717, 1.165) is 62.4 Å². The van der Waals surface area contributed by atoms with Crippen LogP contribution in [0.25, 0.3) is 21.3 Å². The predicted octanol–water partition coefficient (Wildman–Crippen LogP) is 2.39. The van der Waals surface area contributed by atoms with Gasteiger partial charge in [-0.3, -0.25) is 0 Å². The second-order valence-corrected chi connectivity index (χ2v) is 9.22. The fraction of sp³-hybridized carbons (Fsp3) is 0.478. The Morgan fingerprint density at radius 2 is 1.80 bits per heavy atom. The summed E-state index contributed by atoms with van der Waals surface area (Å²) < 4.78 is 11.5. The lowest BCUT2D eigenvalue weighted by Gasteiger charge is -2.36. The maximum atomic E-state index is 6.00. The molecule has 2 aliphatic rings. The Kier molecular flexibility index (Phi) is 5.69. The van der Waals surface area contributed by atoms with Gasteiger partial charge in [0.25, 0.3) is 0 Å². The summed E-state index contributed by atoms with van der Waals surface area (Å²) in [5.74, 6) is 1.99. The lowest BCUT2D eigenvalue weighted by molar-refractivity contribution is -0.922. The van der Waals surface area contributed by atoms with E-state index in [1.54, 1.807) is 11.3 Å². The highest BCUT2D eigenvalue weighted by molar-refractivity contribution is 7.17. The van der Waals surface area contributed by atoms with E-state index in [0.29, 0.717) is 0 Å². The SMILES string of the molecule is C[C@H]1CN(c2nc(C[NH+]3CCOCC3)nc3scc(-c4ccccc4)c23)C[C@H](C)O1. The van der Waals surface area contributed by atoms with E-state index < -0.39 is 0 Å². The number of morpholine rings is 2. The van der Waals surface area contributed by atoms with Crippen molar-refractivity contribution in [1.82, 2.24) is 9.97 Å². The Bertz CT molecular complexity index is 993. The summed E-state index contributed by atoms with van der Waals surface area (Å²) in [7, 11) is 0. The molecule has 4 heterocycles. The van der Waals surface area contributed by atoms with E-state index in [9.17, 15) is 0 Å². The van der Waals surface area contributed by atoms with Crippen LogP contribution >= 0.6 is 11.3 Å². The van der Waals surface area contributed by atoms with Crippen LogP contribution in [0.3, 0.4) is 0 Å². The average Bonchev–Trinajstić information content (AvgIpc) is 3.18. The quantitative estimate of drug-likeness (QED) is 0.696. The van der Waals surface area contributed by atoms with Crippen molar-refractivity contribution in [2.45, 2.75) is 32.6 Å². The van der Waals surface area contributed by atoms with E-state index in [1.807, 2.05) is 0 Å². The van der Waals surface area contributed by atoms with Gasteiger partial charge in [0.1, 0.15) is 30.3 Å². The minimum Gasteiger partial charge on any atom is -0.372 e. The fourth-order valence-electron chi connectivity index (χ4n) is 4.52. The topological polar surface area (TPSA) is 51.9 Å². The van der Waals surface area contributed by atoms with Crippen molar-refractivity contribution in [1.29, 1.82) is 0 Å². The van der Waals surface area contributed by atoms with E-state index >= 15 is 0 Å². The number of quaternary nitrogens is 1. The molecule has 0 saturated carbocycles. The number of ether oxygens (including phenoxy) is 2. The van der Waals surface area contributed by atoms with Gasteiger partial charge in [-0.05, 0) is 19.4 Å². The standard InChI is InChI=1S/C23H28N4O2S/c1-16-12-27(13-17(2)29-16)22-21-19(18-6-4-3-5-7-18)15-30-23(21)25-20(24-22)14-26-8-10-28-11-9-26/h3-7,15-17H,8-14H2,1-2H3/p+1/t16-,17-/m0/s1. The van der Waals surface area contributed by atoms with E-state index in [1.165, 1.54) is 21.4 Å². The van der Waals surface area contributed by atoms with Gasteiger partial charge in [-0.25, -0.2) is 9.97 Å². The zero-order chi connectivity index (χ0) is 20.5. The molecule has 2 saturated heterocycles. The van der Waals surface area contributed by atoms with Crippen molar-refractivity contribution in [2.75, 3.05) is 44.3 Å². The molecule has 5 rings (SSSR count). The van der Waals surface area contributed by atoms with Gasteiger partial charge >= 0.3 is 0 Å². The number of anilines is 1. The first kappa shape index (κ1) is 19.9. The van der Waals surface area contributed by atoms with Gasteiger partial charge in [0.05, 0.1) is 30.8 Å². The van der Waals surface area contributed by atoms with Gasteiger partial charge in [0, 0.05) is 24.0 Å². The Labute approximate surface area is 181 Å². The Hall–Kier alpha value is -2.06. The number of hydrogen-bond donors (Lipinski definition) is 1. The van der Waals surface area contributed by atoms with Crippen molar-refractivity contribution in [3.05, 3.63) is 41.5 Å². The second kappa shape index (κ2) is 8.59. The first-order chi connectivity index (χ1) is 14.7. The molecule has 2 aromatic heterocycles. The number of nitrogens with one attached hydrogen (secondary N) is 1. The number of fused-ring (bicyclic) bond motifs is 1. The molecule has 0 amide bonds. The van der Waals surface area contributed by atoms with Gasteiger partial charge in [0.15, 0.2) is 5.82 Å². The molecule has 0 radical (unpaired) electrons. The third-order valence-electron chi connectivity index (χ3n) is 5.87. The Morgan fingerprint density at radius 3 is 2.53 bits per heavy atom. The highest BCUT2D eigenvalue weighted by Gasteiger charge is 2.28. The normalized spacial score (nSPS) is 23.2. The third kappa shape index (κ3) is 4.07. The van der Waals surface area contributed by atoms with Crippen LogP contribution in [0.5, 0.6) is 0 Å². The molecule has 6 nitrogen and oxygen atoms in total. The van der Waals surface area contributed by atoms with Gasteiger partial charge in [-0.1, -0.05) is 30.3 Å². The average molecular weight is 426 g/mol. The zero-order valence-corrected chi connectivity index (χ0v) is 18.5. The van der Waals surface area contributed by atoms with Crippen LogP contribution < -0.4 is 9.80 Å². The predicted molar refractivity (Wildman–Crippen MR) is 120 cm³/mol. The van der Waals surface area contributed by atoms with Crippen molar-refractivity contribution in [2.24, 2.45) is 0 Å². The largest absolute Gasteiger partial charge is 0.372 e. The molecule has 7 heteroatoms. The summed E-state index contributed by atoms with van der Waals surface area (Å²) in [6.07, 6.45) is 0.372. The Balaban J connectivity index is 1.59. The van der Waals surface area contributed by atoms with Crippen LogP contribution in [-0.4, -0.2) is 61.6 Å². The first-order valence-electron chi connectivity index (χ1n) is 10.8. The van der Waals surface area contributed by atoms with E-state index in [-0.39, 0.29) is 12.2 Å². The highest BCUT2D eigenvalue weighted by Crippen LogP contribution is 2.39. The van der Waals surface area contributed by atoms with Crippen LogP contribution in [0.4, 0.5) is 5.82 Å². The molecule has 2 atom stereocenters. The number of benzene rings is 1. The van der Waals surface area contributed by atoms with Crippen molar-refractivity contribution < 1.29 is 14.4 Å². The lowest BCUT2D eigenvalue weighted by Crippen LogP contribution is -3.12. The molecule has 30 heavy (non-hydrogen) atoms. The van der Waals surface area contributed by atoms with Crippen LogP contribution in [0.2, 0.25) is 0 Å². The van der Waals surface area contributed by atoms with Crippen molar-refractivity contribution in [3.8, 4) is 11.1 Å². The molecule has 158 valence electrons. The van der Waals surface area contributed by atoms with Crippen LogP contribution in [0, 0.1) is 0 Å². The fourth-order valence-corrected chi connectivity index (χ4v) is 5.48. The molecule has 3 aromatic rings. The maximum absolute atomic E-state index is 6.00. The lowest BCUT2D eigenvalue weighted by atomic mass is 10.1. The Morgan fingerprint density at radius 1 is 1.07 bits per heavy atom. The molecule has 0 unspecified atom stereocenters. The van der Waals surface area contributed by atoms with E-state index in [4.69, 9.17) is 19.4 Å². The molecule has 2 aliphatic heterocycles. The molecule has 0 bridgehead atoms. The summed E-state index contributed by atoms with van der Waals surface area (Å²) in [5, 5.41) is 3.41. The highest BCUT2D eigenvalue weighted by atomic mass is 32.1. The van der Waals surface area contributed by atoms with Gasteiger partial charge in [-0.2, -0.15) is 0 Å². The number of nitrogens with zero attached hydrogens (tertiary/aromatic N) is 3. The number of rotatable bonds is 4. The number of hydrogen-bond acceptors (Lipinski definition) is 6. The molecule has 1 N–H and O–H groups in total. The number of aromatic nitrogens is 2. The van der Waals surface area contributed by atoms with Crippen LogP contribution in [0.15, 0.2) is 35.7 Å². The first-order valence-corrected chi connectivity index (χ1v) is 11.7.